The second kappa shape index (κ2) is 33.6. The molecule has 0 unspecified atom stereocenters. The lowest BCUT2D eigenvalue weighted by Crippen LogP contribution is -2.58. The molecule has 3 saturated carbocycles. The van der Waals surface area contributed by atoms with Gasteiger partial charge < -0.3 is 59.0 Å². The summed E-state index contributed by atoms with van der Waals surface area (Å²) >= 11 is 0. The van der Waals surface area contributed by atoms with Crippen LogP contribution in [0.25, 0.3) is 55.6 Å². The topological polar surface area (TPSA) is 338 Å². The van der Waals surface area contributed by atoms with E-state index >= 15 is 8.78 Å². The van der Waals surface area contributed by atoms with E-state index in [9.17, 15) is 45.0 Å². The van der Waals surface area contributed by atoms with Gasteiger partial charge in [0, 0.05) is 150 Å². The van der Waals surface area contributed by atoms with Crippen LogP contribution in [0.2, 0.25) is 0 Å². The predicted octanol–water partition coefficient (Wildman–Crippen LogP) is 7.01. The summed E-state index contributed by atoms with van der Waals surface area (Å²) in [6, 6.07) is 29.3. The number of hydrogen-bond donors (Lipinski definition) is 6. The van der Waals surface area contributed by atoms with Gasteiger partial charge in [0.05, 0.1) is 91.3 Å². The van der Waals surface area contributed by atoms with Crippen LogP contribution >= 0.6 is 0 Å². The number of Topliss-reactive ketones (excluding diaryl/α,β-unsaturated/α-hetero) is 3. The van der Waals surface area contributed by atoms with Crippen LogP contribution in [0.4, 0.5) is 26.2 Å². The molecule has 6 N–H and O–H groups in total. The first-order chi connectivity index (χ1) is 56.4. The SMILES string of the molecule is CC(=O)CN1CC[C@@](O)(Cn2ccc3c(N(Cc4ccc(-c5cnn(C)c5)cc4F)C4CC4)ncnc32)[C@H](O)C1.CC(=O)CN1CC[C@@](O)(Cn2ccc3c(N(Cc4ccc(-n5cccn5)cc4)C4CC4)ncnc32)[C@H](O)C1.CC(=O)CN1CC[C@@](O)(Cn2ccc3c(N(Cc4ccc(-n5cccn5)cc4F)C4CC4)ncnc32)[C@H](O)C1. The maximum Gasteiger partial charge on any atom is 0.145 e. The van der Waals surface area contributed by atoms with Crippen LogP contribution in [0.15, 0.2) is 166 Å². The number of aliphatic hydroxyl groups is 6. The van der Waals surface area contributed by atoms with Gasteiger partial charge in [-0.05, 0) is 150 Å². The van der Waals surface area contributed by atoms with Crippen molar-refractivity contribution in [3.63, 3.8) is 0 Å². The maximum absolute atomic E-state index is 15.3. The van der Waals surface area contributed by atoms with Crippen LogP contribution in [-0.4, -0.2) is 248 Å². The average molecular weight is 1600 g/mol. The van der Waals surface area contributed by atoms with Gasteiger partial charge in [-0.25, -0.2) is 48.0 Å². The Morgan fingerprint density at radius 2 is 0.846 bits per heavy atom. The summed E-state index contributed by atoms with van der Waals surface area (Å²) in [5.41, 5.74) is 3.70. The third-order valence-electron chi connectivity index (χ3n) is 23.4. The number of likely N-dealkylation sites (tertiary alicyclic amines) is 3. The molecule has 3 aliphatic carbocycles. The minimum atomic E-state index is -1.35. The van der Waals surface area contributed by atoms with Gasteiger partial charge >= 0.3 is 0 Å². The van der Waals surface area contributed by atoms with Gasteiger partial charge in [-0.3, -0.25) is 33.8 Å². The quantitative estimate of drug-likeness (QED) is 0.0301. The molecule has 18 rings (SSSR count). The van der Waals surface area contributed by atoms with Gasteiger partial charge in [-0.15, -0.1) is 0 Å². The molecule has 9 aromatic heterocycles. The fourth-order valence-electron chi connectivity index (χ4n) is 16.6. The molecule has 12 heterocycles. The Hall–Kier alpha value is -10.9. The number of anilines is 3. The van der Waals surface area contributed by atoms with Crippen LogP contribution in [-0.2, 0) is 60.7 Å². The number of aryl methyl sites for hydroxylation is 1. The molecule has 12 aromatic rings. The Bertz CT molecular complexity index is 5510. The van der Waals surface area contributed by atoms with Crippen molar-refractivity contribution in [1.29, 1.82) is 0 Å². The molecule has 3 saturated heterocycles. The van der Waals surface area contributed by atoms with E-state index in [-0.39, 0.29) is 93.4 Å². The van der Waals surface area contributed by atoms with E-state index in [4.69, 9.17) is 0 Å². The summed E-state index contributed by atoms with van der Waals surface area (Å²) in [7, 11) is 1.83. The van der Waals surface area contributed by atoms with Crippen molar-refractivity contribution < 1.29 is 53.8 Å². The number of piperidine rings is 3. The zero-order valence-electron chi connectivity index (χ0n) is 66.1. The lowest BCUT2D eigenvalue weighted by Gasteiger charge is -2.42. The van der Waals surface area contributed by atoms with Crippen molar-refractivity contribution in [1.82, 2.24) is 87.6 Å². The van der Waals surface area contributed by atoms with Gasteiger partial charge in [0.1, 0.15) is 99.2 Å². The Balaban J connectivity index is 0.000000131. The van der Waals surface area contributed by atoms with Gasteiger partial charge in [0.2, 0.25) is 0 Å². The van der Waals surface area contributed by atoms with Crippen molar-refractivity contribution in [3.8, 4) is 22.5 Å². The summed E-state index contributed by atoms with van der Waals surface area (Å²) in [4.78, 5) is 74.2. The molecule has 32 heteroatoms. The molecule has 30 nitrogen and oxygen atoms in total. The van der Waals surface area contributed by atoms with Crippen LogP contribution in [0, 0.1) is 11.6 Å². The fraction of sp³-hybridized carbons (Fsp3) is 0.435. The average Bonchev–Trinajstić information content (AvgIpc) is 1.64. The minimum absolute atomic E-state index is 0.0298. The number of ketones is 3. The molecule has 6 fully saturated rings. The van der Waals surface area contributed by atoms with Crippen molar-refractivity contribution in [2.75, 3.05) is 73.6 Å². The molecule has 612 valence electrons. The first-order valence-corrected chi connectivity index (χ1v) is 40.1. The molecule has 117 heavy (non-hydrogen) atoms. The summed E-state index contributed by atoms with van der Waals surface area (Å²) in [5, 5.41) is 81.6. The van der Waals surface area contributed by atoms with E-state index in [2.05, 4.69) is 84.2 Å². The van der Waals surface area contributed by atoms with Crippen LogP contribution in [0.3, 0.4) is 0 Å². The molecular weight excluding hydrogens is 1500 g/mol. The molecule has 6 aliphatic rings. The summed E-state index contributed by atoms with van der Waals surface area (Å²) in [6.45, 7) is 9.74. The number of fused-ring (bicyclic) bond motifs is 3. The van der Waals surface area contributed by atoms with Gasteiger partial charge in [0.15, 0.2) is 0 Å². The number of rotatable bonds is 27. The van der Waals surface area contributed by atoms with Crippen molar-refractivity contribution in [2.24, 2.45) is 7.05 Å². The number of aliphatic hydroxyl groups excluding tert-OH is 3. The standard InChI is InChI=1S/C29H34FN7O3.C28H32FN7O3.C28H33N7O3/c1-19(38)13-35-10-8-29(40,26(39)16-35)17-36-9-7-24-27(36)31-18-32-28(24)37(23-5-6-23)15-21-4-3-20(11-25(21)30)22-12-33-34(2)14-22;1-19(37)14-33-12-8-28(39,25(38)16-33)17-34-11-7-23-26(34)30-18-31-27(23)35(21-5-6-21)15-20-3-4-22(13-24(20)29)36-10-2-9-32-36;1-20(36)15-32-14-10-28(38,25(37)17-32)18-33-13-9-24-26(33)29-19-30-27(24)34(22-7-8-22)16-21-3-5-23(6-4-21)35-12-2-11-31-35/h3-4,7,9,11-12,14,18,23,26,39-40H,5-6,8,10,13,15-17H2,1-2H3;2-4,7,9-11,13,18,21,25,38-39H,5-6,8,12,14-17H2,1H3;2-6,9,11-13,19,22,25,37-38H,7-8,10,14-18H2,1H3/t26-,29-;2*25-,28-/m111/s1. The van der Waals surface area contributed by atoms with E-state index in [1.165, 1.54) is 45.1 Å². The van der Waals surface area contributed by atoms with Crippen LogP contribution < -0.4 is 14.7 Å². The molecule has 3 aromatic carbocycles. The van der Waals surface area contributed by atoms with Gasteiger partial charge in [0.25, 0.3) is 0 Å². The summed E-state index contributed by atoms with van der Waals surface area (Å²) < 4.78 is 41.2. The number of halogens is 2. The third kappa shape index (κ3) is 18.0. The Labute approximate surface area is 674 Å². The lowest BCUT2D eigenvalue weighted by molar-refractivity contribution is -0.134. The van der Waals surface area contributed by atoms with E-state index in [0.29, 0.717) is 92.7 Å². The van der Waals surface area contributed by atoms with Gasteiger partial charge in [-0.1, -0.05) is 30.3 Å². The molecule has 0 amide bonds. The highest BCUT2D eigenvalue weighted by Crippen LogP contribution is 2.41. The van der Waals surface area contributed by atoms with E-state index in [1.807, 2.05) is 114 Å². The molecule has 3 aliphatic heterocycles. The molecular formula is C85H99F2N21O9. The Morgan fingerprint density at radius 3 is 1.20 bits per heavy atom. The van der Waals surface area contributed by atoms with E-state index in [1.54, 1.807) is 58.7 Å². The predicted molar refractivity (Wildman–Crippen MR) is 434 cm³/mol. The Morgan fingerprint density at radius 1 is 0.462 bits per heavy atom. The second-order valence-electron chi connectivity index (χ2n) is 32.7. The van der Waals surface area contributed by atoms with E-state index in [0.717, 1.165) is 101 Å². The fourth-order valence-corrected chi connectivity index (χ4v) is 16.6. The van der Waals surface area contributed by atoms with Crippen LogP contribution in [0.5, 0.6) is 0 Å². The number of nitrogens with zero attached hydrogens (tertiary/aromatic N) is 21. The van der Waals surface area contributed by atoms with Crippen molar-refractivity contribution >= 4 is 67.9 Å². The van der Waals surface area contributed by atoms with Crippen molar-refractivity contribution in [3.05, 3.63) is 194 Å². The first kappa shape index (κ1) is 79.9. The molecule has 0 bridgehead atoms. The molecule has 0 spiro atoms. The first-order valence-electron chi connectivity index (χ1n) is 40.1. The highest BCUT2D eigenvalue weighted by atomic mass is 19.1. The number of carbonyl (C=O) groups excluding carboxylic acids is 3. The number of benzene rings is 3. The highest BCUT2D eigenvalue weighted by molar-refractivity contribution is 5.90. The lowest BCUT2D eigenvalue weighted by atomic mass is 9.88. The van der Waals surface area contributed by atoms with Crippen molar-refractivity contribution in [2.45, 2.75) is 171 Å². The number of carbonyl (C=O) groups is 3. The normalized spacial score (nSPS) is 21.9. The zero-order valence-corrected chi connectivity index (χ0v) is 66.1. The minimum Gasteiger partial charge on any atom is -0.389 e. The summed E-state index contributed by atoms with van der Waals surface area (Å²) in [6.07, 6.45) is 25.3. The second-order valence-corrected chi connectivity index (χ2v) is 32.7. The monoisotopic (exact) mass is 1600 g/mol. The largest absolute Gasteiger partial charge is 0.389 e. The number of hydrogen-bond acceptors (Lipinski definition) is 24. The number of aromatic nitrogens is 15. The summed E-state index contributed by atoms with van der Waals surface area (Å²) in [5.74, 6) is 1.87. The Kier molecular flexibility index (Phi) is 22.9. The molecule has 6 atom stereocenters. The van der Waals surface area contributed by atoms with E-state index < -0.39 is 35.1 Å². The van der Waals surface area contributed by atoms with Gasteiger partial charge in [-0.2, -0.15) is 15.3 Å². The van der Waals surface area contributed by atoms with Crippen LogP contribution in [0.1, 0.15) is 95.2 Å². The molecule has 0 radical (unpaired) electrons. The maximum atomic E-state index is 15.3. The third-order valence-corrected chi connectivity index (χ3v) is 23.4. The number of β-amino-alcohol motifs (C(OH)–C–C–N with tert-alkyl or cyclic N) is 3. The zero-order chi connectivity index (χ0) is 81.4. The highest BCUT2D eigenvalue weighted by Gasteiger charge is 2.45. The smallest absolute Gasteiger partial charge is 0.145 e.